The van der Waals surface area contributed by atoms with Crippen molar-refractivity contribution >= 4 is 10.9 Å². The second kappa shape index (κ2) is 15.7. The monoisotopic (exact) mass is 653 g/mol. The number of hydrogen-bond acceptors (Lipinski definition) is 5. The minimum absolute atomic E-state index is 0.0136. The molecule has 6 heteroatoms. The SMILES string of the molecule is C=C(C)[C@@H]1CCC(C)=C[C@H]1c1c(O)cc(CCCCC)c(C)c1O.C=C[C@H]1C[NH+]2CC[C@H]1C[C@H]2[C@H](O)c1ccnc2ccc(OC)cc12. The number of ether oxygens (including phenoxy) is 1. The molecule has 1 unspecified atom stereocenters. The Morgan fingerprint density at radius 2 is 1.94 bits per heavy atom. The summed E-state index contributed by atoms with van der Waals surface area (Å²) in [6, 6.07) is 9.94. The molecule has 2 aromatic carbocycles. The second-order valence-corrected chi connectivity index (χ2v) is 14.6. The van der Waals surface area contributed by atoms with Crippen LogP contribution >= 0.6 is 0 Å². The number of piperidine rings is 3. The Morgan fingerprint density at radius 1 is 1.15 bits per heavy atom. The first kappa shape index (κ1) is 35.7. The summed E-state index contributed by atoms with van der Waals surface area (Å²) in [6.07, 6.45) is 14.4. The fraction of sp³-hybridized carbons (Fsp3) is 0.500. The summed E-state index contributed by atoms with van der Waals surface area (Å²) in [5.74, 6) is 2.85. The van der Waals surface area contributed by atoms with Crippen LogP contribution in [0.2, 0.25) is 0 Å². The molecule has 3 aliphatic heterocycles. The second-order valence-electron chi connectivity index (χ2n) is 14.6. The lowest BCUT2D eigenvalue weighted by atomic mass is 9.73. The summed E-state index contributed by atoms with van der Waals surface area (Å²) in [4.78, 5) is 5.95. The Labute approximate surface area is 287 Å². The van der Waals surface area contributed by atoms with E-state index in [0.717, 1.165) is 84.1 Å². The minimum atomic E-state index is -0.467. The first-order chi connectivity index (χ1) is 23.1. The summed E-state index contributed by atoms with van der Waals surface area (Å²) in [6.45, 7) is 18.7. The number of pyridine rings is 1. The predicted octanol–water partition coefficient (Wildman–Crippen LogP) is 7.91. The topological polar surface area (TPSA) is 87.2 Å². The van der Waals surface area contributed by atoms with Gasteiger partial charge in [-0.05, 0) is 105 Å². The molecule has 3 aromatic rings. The maximum absolute atomic E-state index is 11.2. The molecule has 4 heterocycles. The number of benzene rings is 2. The zero-order valence-corrected chi connectivity index (χ0v) is 29.8. The molecule has 0 amide bonds. The molecule has 4 aliphatic rings. The highest BCUT2D eigenvalue weighted by Crippen LogP contribution is 2.48. The van der Waals surface area contributed by atoms with Gasteiger partial charge < -0.3 is 25.0 Å². The number of nitrogens with zero attached hydrogens (tertiary/aromatic N) is 1. The van der Waals surface area contributed by atoms with E-state index >= 15 is 0 Å². The minimum Gasteiger partial charge on any atom is -0.507 e. The lowest BCUT2D eigenvalue weighted by Gasteiger charge is -2.47. The van der Waals surface area contributed by atoms with E-state index in [9.17, 15) is 15.3 Å². The van der Waals surface area contributed by atoms with Crippen LogP contribution < -0.4 is 9.64 Å². The van der Waals surface area contributed by atoms with Gasteiger partial charge in [-0.15, -0.1) is 6.58 Å². The number of hydrogen-bond donors (Lipinski definition) is 4. The van der Waals surface area contributed by atoms with Crippen LogP contribution in [0.25, 0.3) is 10.9 Å². The van der Waals surface area contributed by atoms with Gasteiger partial charge in [-0.2, -0.15) is 0 Å². The van der Waals surface area contributed by atoms with Crippen molar-refractivity contribution in [3.63, 3.8) is 0 Å². The van der Waals surface area contributed by atoms with Crippen molar-refractivity contribution in [1.82, 2.24) is 4.98 Å². The summed E-state index contributed by atoms with van der Waals surface area (Å²) in [5, 5.41) is 33.7. The quantitative estimate of drug-likeness (QED) is 0.132. The average molecular weight is 654 g/mol. The lowest BCUT2D eigenvalue weighted by molar-refractivity contribution is -0.949. The Bertz CT molecular complexity index is 1640. The number of rotatable bonds is 10. The van der Waals surface area contributed by atoms with E-state index in [4.69, 9.17) is 4.74 Å². The van der Waals surface area contributed by atoms with Crippen molar-refractivity contribution in [2.45, 2.75) is 97.1 Å². The third kappa shape index (κ3) is 7.50. The highest BCUT2D eigenvalue weighted by Gasteiger charge is 2.45. The van der Waals surface area contributed by atoms with Crippen LogP contribution in [0.5, 0.6) is 17.2 Å². The van der Waals surface area contributed by atoms with Crippen LogP contribution in [0.1, 0.15) is 100.0 Å². The molecule has 3 fully saturated rings. The van der Waals surface area contributed by atoms with Gasteiger partial charge in [0.05, 0.1) is 25.7 Å². The number of allylic oxidation sites excluding steroid dienone is 3. The molecule has 1 aliphatic carbocycles. The molecule has 7 rings (SSSR count). The van der Waals surface area contributed by atoms with E-state index in [-0.39, 0.29) is 29.4 Å². The van der Waals surface area contributed by atoms with Gasteiger partial charge in [0, 0.05) is 41.8 Å². The number of unbranched alkanes of at least 4 members (excludes halogenated alkanes) is 2. The summed E-state index contributed by atoms with van der Waals surface area (Å²) in [7, 11) is 1.67. The van der Waals surface area contributed by atoms with Gasteiger partial charge in [0.1, 0.15) is 29.4 Å². The number of methoxy groups -OCH3 is 1. The summed E-state index contributed by atoms with van der Waals surface area (Å²) >= 11 is 0. The third-order valence-electron chi connectivity index (χ3n) is 11.4. The number of fused-ring (bicyclic) bond motifs is 4. The van der Waals surface area contributed by atoms with E-state index in [1.807, 2.05) is 44.2 Å². The standard InChI is InChI=1S/C22H32O2.C20H24N2O2/c1-6-7-8-9-17-13-20(23)21(22(24)16(17)5)19-12-15(4)10-11-18(19)14(2)3;1-3-13-12-22-9-7-14(13)10-19(22)20(23)16-6-8-21-18-5-4-15(24-2)11-17(16)18/h12-13,18-19,23-24H,2,6-11H2,1,3-5H3;3-6,8,11,13-14,19-20,23H,1,7,9-10,12H2,2H3/p+1/t18-,19+;13-,14-,19-,20+/m00/s1. The highest BCUT2D eigenvalue weighted by molar-refractivity contribution is 5.83. The van der Waals surface area contributed by atoms with Crippen LogP contribution in [0.4, 0.5) is 0 Å². The molecular formula is C42H57N2O4+. The number of aromatic hydroxyl groups is 2. The van der Waals surface area contributed by atoms with Crippen molar-refractivity contribution < 1.29 is 25.0 Å². The normalized spacial score (nSPS) is 25.5. The Kier molecular flexibility index (Phi) is 11.7. The number of aliphatic hydroxyl groups is 1. The number of phenols is 2. The molecule has 0 spiro atoms. The highest BCUT2D eigenvalue weighted by atomic mass is 16.5. The van der Waals surface area contributed by atoms with E-state index in [2.05, 4.69) is 44.1 Å². The molecule has 0 saturated carbocycles. The molecule has 2 bridgehead atoms. The first-order valence-corrected chi connectivity index (χ1v) is 18.0. The van der Waals surface area contributed by atoms with E-state index in [0.29, 0.717) is 17.4 Å². The molecule has 6 nitrogen and oxygen atoms in total. The molecule has 258 valence electrons. The summed E-state index contributed by atoms with van der Waals surface area (Å²) in [5.41, 5.74) is 6.97. The largest absolute Gasteiger partial charge is 0.507 e. The van der Waals surface area contributed by atoms with Gasteiger partial charge in [-0.1, -0.05) is 49.6 Å². The molecule has 48 heavy (non-hydrogen) atoms. The summed E-state index contributed by atoms with van der Waals surface area (Å²) < 4.78 is 5.35. The van der Waals surface area contributed by atoms with Crippen LogP contribution in [0, 0.1) is 24.7 Å². The molecular weight excluding hydrogens is 596 g/mol. The van der Waals surface area contributed by atoms with Gasteiger partial charge in [0.15, 0.2) is 0 Å². The van der Waals surface area contributed by atoms with E-state index in [1.54, 1.807) is 13.3 Å². The fourth-order valence-corrected chi connectivity index (χ4v) is 8.54. The Morgan fingerprint density at radius 3 is 2.60 bits per heavy atom. The zero-order valence-electron chi connectivity index (χ0n) is 29.8. The van der Waals surface area contributed by atoms with Crippen molar-refractivity contribution in [3.05, 3.63) is 95.2 Å². The van der Waals surface area contributed by atoms with Crippen molar-refractivity contribution in [2.24, 2.45) is 17.8 Å². The molecule has 1 aromatic heterocycles. The third-order valence-corrected chi connectivity index (χ3v) is 11.4. The molecule has 7 atom stereocenters. The maximum Gasteiger partial charge on any atom is 0.131 e. The number of aromatic nitrogens is 1. The predicted molar refractivity (Wildman–Crippen MR) is 196 cm³/mol. The maximum atomic E-state index is 11.2. The average Bonchev–Trinajstić information content (AvgIpc) is 3.10. The van der Waals surface area contributed by atoms with Gasteiger partial charge in [-0.25, -0.2) is 0 Å². The fourth-order valence-electron chi connectivity index (χ4n) is 8.54. The van der Waals surface area contributed by atoms with Gasteiger partial charge >= 0.3 is 0 Å². The van der Waals surface area contributed by atoms with Crippen LogP contribution in [-0.2, 0) is 6.42 Å². The Hall–Kier alpha value is -3.61. The Balaban J connectivity index is 0.000000188. The van der Waals surface area contributed by atoms with E-state index < -0.39 is 6.10 Å². The number of phenolic OH excluding ortho intramolecular Hbond substituents is 2. The molecule has 4 N–H and O–H groups in total. The smallest absolute Gasteiger partial charge is 0.131 e. The van der Waals surface area contributed by atoms with Crippen molar-refractivity contribution in [3.8, 4) is 17.2 Å². The number of aryl methyl sites for hydroxylation is 1. The van der Waals surface area contributed by atoms with Gasteiger partial charge in [0.2, 0.25) is 0 Å². The van der Waals surface area contributed by atoms with Crippen LogP contribution in [-0.4, -0.2) is 46.5 Å². The van der Waals surface area contributed by atoms with Crippen LogP contribution in [0.15, 0.2) is 73.0 Å². The first-order valence-electron chi connectivity index (χ1n) is 18.0. The number of nitrogens with one attached hydrogen (secondary N) is 1. The van der Waals surface area contributed by atoms with Crippen molar-refractivity contribution in [1.29, 1.82) is 0 Å². The number of quaternary nitrogens is 1. The van der Waals surface area contributed by atoms with Gasteiger partial charge in [-0.3, -0.25) is 4.98 Å². The van der Waals surface area contributed by atoms with Crippen molar-refractivity contribution in [2.75, 3.05) is 20.2 Å². The lowest BCUT2D eigenvalue weighted by Crippen LogP contribution is -3.20. The molecule has 3 saturated heterocycles. The van der Waals surface area contributed by atoms with E-state index in [1.165, 1.54) is 29.7 Å². The zero-order chi connectivity index (χ0) is 34.5. The number of aliphatic hydroxyl groups excluding tert-OH is 1. The van der Waals surface area contributed by atoms with Gasteiger partial charge in [0.25, 0.3) is 0 Å². The van der Waals surface area contributed by atoms with Crippen LogP contribution in [0.3, 0.4) is 0 Å². The molecule has 0 radical (unpaired) electrons.